The fourth-order valence-electron chi connectivity index (χ4n) is 2.95. The van der Waals surface area contributed by atoms with Gasteiger partial charge in [0, 0.05) is 32.7 Å². The Bertz CT molecular complexity index is 255. The summed E-state index contributed by atoms with van der Waals surface area (Å²) in [5, 5.41) is 11.6. The number of amidine groups is 1. The Morgan fingerprint density at radius 3 is 2.29 bits per heavy atom. The van der Waals surface area contributed by atoms with Crippen LogP contribution in [0, 0.1) is 5.92 Å². The van der Waals surface area contributed by atoms with Crippen molar-refractivity contribution in [1.29, 1.82) is 0 Å². The van der Waals surface area contributed by atoms with E-state index in [2.05, 4.69) is 15.0 Å². The van der Waals surface area contributed by atoms with Crippen LogP contribution in [-0.2, 0) is 0 Å². The minimum absolute atomic E-state index is 0.314. The van der Waals surface area contributed by atoms with E-state index in [0.29, 0.717) is 12.4 Å². The zero-order valence-electron chi connectivity index (χ0n) is 10.5. The van der Waals surface area contributed by atoms with Gasteiger partial charge in [0.05, 0.1) is 6.54 Å². The summed E-state index contributed by atoms with van der Waals surface area (Å²) in [6.45, 7) is 6.17. The van der Waals surface area contributed by atoms with E-state index >= 15 is 0 Å². The molecule has 2 rings (SSSR count). The lowest BCUT2D eigenvalue weighted by molar-refractivity contribution is 0.128. The molecule has 0 radical (unpaired) electrons. The van der Waals surface area contributed by atoms with Crippen LogP contribution in [0.1, 0.15) is 25.7 Å². The van der Waals surface area contributed by atoms with Crippen molar-refractivity contribution in [2.75, 3.05) is 39.3 Å². The van der Waals surface area contributed by atoms with Crippen molar-refractivity contribution < 1.29 is 5.21 Å². The second-order valence-electron chi connectivity index (χ2n) is 5.32. The third kappa shape index (κ3) is 3.85. The van der Waals surface area contributed by atoms with E-state index in [1.807, 2.05) is 0 Å². The van der Waals surface area contributed by atoms with E-state index in [9.17, 15) is 0 Å². The Hall–Kier alpha value is -0.810. The first-order valence-corrected chi connectivity index (χ1v) is 6.69. The van der Waals surface area contributed by atoms with Gasteiger partial charge in [0.15, 0.2) is 5.84 Å². The van der Waals surface area contributed by atoms with Crippen LogP contribution in [-0.4, -0.2) is 60.1 Å². The Morgan fingerprint density at radius 1 is 1.12 bits per heavy atom. The third-order valence-electron chi connectivity index (χ3n) is 3.97. The first-order chi connectivity index (χ1) is 8.28. The first kappa shape index (κ1) is 12.6. The molecule has 17 heavy (non-hydrogen) atoms. The SMILES string of the molecule is NC(CN1CCN(CC2CCCC2)CC1)=NO. The van der Waals surface area contributed by atoms with Crippen molar-refractivity contribution in [3.8, 4) is 0 Å². The summed E-state index contributed by atoms with van der Waals surface area (Å²) in [5.41, 5.74) is 5.52. The van der Waals surface area contributed by atoms with Crippen LogP contribution in [0.3, 0.4) is 0 Å². The van der Waals surface area contributed by atoms with Gasteiger partial charge in [0.2, 0.25) is 0 Å². The van der Waals surface area contributed by atoms with Gasteiger partial charge in [0.25, 0.3) is 0 Å². The highest BCUT2D eigenvalue weighted by Gasteiger charge is 2.22. The normalized spacial score (nSPS) is 25.5. The first-order valence-electron chi connectivity index (χ1n) is 6.69. The van der Waals surface area contributed by atoms with Gasteiger partial charge in [-0.1, -0.05) is 18.0 Å². The molecule has 1 saturated carbocycles. The molecule has 1 aliphatic heterocycles. The molecule has 0 atom stereocenters. The van der Waals surface area contributed by atoms with E-state index in [4.69, 9.17) is 10.9 Å². The molecule has 2 fully saturated rings. The van der Waals surface area contributed by atoms with E-state index in [-0.39, 0.29) is 0 Å². The minimum atomic E-state index is 0.314. The molecule has 0 bridgehead atoms. The van der Waals surface area contributed by atoms with Gasteiger partial charge >= 0.3 is 0 Å². The Kier molecular flexibility index (Phi) is 4.62. The third-order valence-corrected chi connectivity index (χ3v) is 3.97. The number of nitrogens with zero attached hydrogens (tertiary/aromatic N) is 3. The molecule has 0 spiro atoms. The lowest BCUT2D eigenvalue weighted by atomic mass is 10.1. The van der Waals surface area contributed by atoms with Gasteiger partial charge in [-0.15, -0.1) is 0 Å². The quantitative estimate of drug-likeness (QED) is 0.326. The highest BCUT2D eigenvalue weighted by Crippen LogP contribution is 2.25. The molecule has 1 saturated heterocycles. The van der Waals surface area contributed by atoms with Crippen molar-refractivity contribution >= 4 is 5.84 Å². The predicted molar refractivity (Wildman–Crippen MR) is 68.2 cm³/mol. The van der Waals surface area contributed by atoms with E-state index in [1.54, 1.807) is 0 Å². The fourth-order valence-corrected chi connectivity index (χ4v) is 2.95. The van der Waals surface area contributed by atoms with E-state index in [1.165, 1.54) is 32.2 Å². The Morgan fingerprint density at radius 2 is 1.71 bits per heavy atom. The monoisotopic (exact) mass is 240 g/mol. The highest BCUT2D eigenvalue weighted by atomic mass is 16.4. The largest absolute Gasteiger partial charge is 0.409 e. The maximum Gasteiger partial charge on any atom is 0.153 e. The van der Waals surface area contributed by atoms with Crippen LogP contribution in [0.25, 0.3) is 0 Å². The molecule has 5 heteroatoms. The Balaban J connectivity index is 1.66. The number of piperazine rings is 1. The molecule has 0 amide bonds. The van der Waals surface area contributed by atoms with Crippen LogP contribution in [0.4, 0.5) is 0 Å². The van der Waals surface area contributed by atoms with Gasteiger partial charge in [-0.2, -0.15) is 0 Å². The van der Waals surface area contributed by atoms with E-state index < -0.39 is 0 Å². The summed E-state index contributed by atoms with van der Waals surface area (Å²) in [5.74, 6) is 1.25. The standard InChI is InChI=1S/C12H24N4O/c13-12(14-17)10-16-7-5-15(6-8-16)9-11-3-1-2-4-11/h11,17H,1-10H2,(H2,13,14). The summed E-state index contributed by atoms with van der Waals surface area (Å²) in [6.07, 6.45) is 5.69. The molecule has 3 N–H and O–H groups in total. The Labute approximate surface area is 103 Å². The number of hydrogen-bond acceptors (Lipinski definition) is 4. The average Bonchev–Trinajstić information content (AvgIpc) is 2.84. The fraction of sp³-hybridized carbons (Fsp3) is 0.917. The molecular weight excluding hydrogens is 216 g/mol. The van der Waals surface area contributed by atoms with Crippen molar-refractivity contribution in [2.24, 2.45) is 16.8 Å². The van der Waals surface area contributed by atoms with Gasteiger partial charge in [-0.25, -0.2) is 0 Å². The van der Waals surface area contributed by atoms with Crippen LogP contribution in [0.2, 0.25) is 0 Å². The van der Waals surface area contributed by atoms with Crippen LogP contribution < -0.4 is 5.73 Å². The smallest absolute Gasteiger partial charge is 0.153 e. The minimum Gasteiger partial charge on any atom is -0.409 e. The number of rotatable bonds is 4. The molecular formula is C12H24N4O. The zero-order chi connectivity index (χ0) is 12.1. The summed E-state index contributed by atoms with van der Waals surface area (Å²) >= 11 is 0. The number of oxime groups is 1. The number of hydrogen-bond donors (Lipinski definition) is 2. The van der Waals surface area contributed by atoms with Gasteiger partial charge in [-0.05, 0) is 18.8 Å². The maximum absolute atomic E-state index is 8.53. The maximum atomic E-state index is 8.53. The number of nitrogens with two attached hydrogens (primary N) is 1. The average molecular weight is 240 g/mol. The molecule has 1 aliphatic carbocycles. The molecule has 1 heterocycles. The second-order valence-corrected chi connectivity index (χ2v) is 5.32. The summed E-state index contributed by atoms with van der Waals surface area (Å²) < 4.78 is 0. The van der Waals surface area contributed by atoms with Crippen LogP contribution >= 0.6 is 0 Å². The van der Waals surface area contributed by atoms with Gasteiger partial charge < -0.3 is 15.8 Å². The topological polar surface area (TPSA) is 65.1 Å². The van der Waals surface area contributed by atoms with Crippen molar-refractivity contribution in [3.05, 3.63) is 0 Å². The van der Waals surface area contributed by atoms with Crippen molar-refractivity contribution in [3.63, 3.8) is 0 Å². The molecule has 98 valence electrons. The molecule has 5 nitrogen and oxygen atoms in total. The lowest BCUT2D eigenvalue weighted by Crippen LogP contribution is -2.49. The van der Waals surface area contributed by atoms with Crippen molar-refractivity contribution in [2.45, 2.75) is 25.7 Å². The lowest BCUT2D eigenvalue weighted by Gasteiger charge is -2.35. The molecule has 0 aromatic carbocycles. The van der Waals surface area contributed by atoms with Crippen LogP contribution in [0.5, 0.6) is 0 Å². The predicted octanol–water partition coefficient (Wildman–Crippen LogP) is 0.541. The zero-order valence-corrected chi connectivity index (χ0v) is 10.5. The molecule has 0 aromatic heterocycles. The van der Waals surface area contributed by atoms with Crippen LogP contribution in [0.15, 0.2) is 5.16 Å². The molecule has 0 unspecified atom stereocenters. The molecule has 0 aromatic rings. The highest BCUT2D eigenvalue weighted by molar-refractivity contribution is 5.81. The summed E-state index contributed by atoms with van der Waals surface area (Å²) in [7, 11) is 0. The summed E-state index contributed by atoms with van der Waals surface area (Å²) in [6, 6.07) is 0. The summed E-state index contributed by atoms with van der Waals surface area (Å²) in [4.78, 5) is 4.82. The molecule has 2 aliphatic rings. The second kappa shape index (κ2) is 6.21. The van der Waals surface area contributed by atoms with E-state index in [0.717, 1.165) is 32.1 Å². The van der Waals surface area contributed by atoms with Gasteiger partial charge in [0.1, 0.15) is 0 Å². The van der Waals surface area contributed by atoms with Crippen molar-refractivity contribution in [1.82, 2.24) is 9.80 Å². The van der Waals surface area contributed by atoms with Gasteiger partial charge in [-0.3, -0.25) is 4.90 Å².